The summed E-state index contributed by atoms with van der Waals surface area (Å²) in [5.41, 5.74) is 0. The molecule has 0 atom stereocenters. The summed E-state index contributed by atoms with van der Waals surface area (Å²) in [5, 5.41) is 37.5. The smallest absolute Gasteiger partial charge is 0.512 e. The van der Waals surface area contributed by atoms with Gasteiger partial charge in [-0.05, 0) is 0 Å². The molecule has 0 aliphatic carbocycles. The first-order chi connectivity index (χ1) is 6.00. The van der Waals surface area contributed by atoms with Gasteiger partial charge < -0.3 is 71.0 Å². The third-order valence-electron chi connectivity index (χ3n) is 0. The van der Waals surface area contributed by atoms with Crippen molar-refractivity contribution in [2.24, 2.45) is 0 Å². The van der Waals surface area contributed by atoms with Crippen LogP contribution in [0.25, 0.3) is 0 Å². The molecule has 8 heteroatoms. The van der Waals surface area contributed by atoms with E-state index in [0.29, 0.717) is 0 Å². The largest absolute Gasteiger partial charge is 6.00 e. The summed E-state index contributed by atoms with van der Waals surface area (Å²) < 4.78 is 0. The fourth-order valence-electron chi connectivity index (χ4n) is 0. The first kappa shape index (κ1) is 87.0. The van der Waals surface area contributed by atoms with Crippen LogP contribution in [-0.4, -0.2) is 0 Å². The maximum absolute atomic E-state index is 6.25. The molecular weight excluding hydrogens is 339 g/mol. The zero-order chi connectivity index (χ0) is 12.0. The molecule has 0 rings (SSSR count). The predicted octanol–water partition coefficient (Wildman–Crippen LogP) is 1.19. The van der Waals surface area contributed by atoms with E-state index in [4.69, 9.17) is 71.0 Å². The van der Waals surface area contributed by atoms with Crippen molar-refractivity contribution in [3.05, 3.63) is 39.4 Å². The van der Waals surface area contributed by atoms with E-state index in [1.165, 1.54) is 0 Å². The molecule has 0 unspecified atom stereocenters. The summed E-state index contributed by atoms with van der Waals surface area (Å²) in [6, 6.07) is 0. The summed E-state index contributed by atoms with van der Waals surface area (Å²) in [6.45, 7) is 28.5. The molecule has 0 N–H and O–H groups in total. The molecule has 0 aliphatic heterocycles. The molecule has 70 valence electrons. The van der Waals surface area contributed by atoms with Gasteiger partial charge in [0.1, 0.15) is 0 Å². The Morgan fingerprint density at radius 1 is 0.357 bits per heavy atom. The predicted molar refractivity (Wildman–Crippen MR) is 45.2 cm³/mol. The molecule has 0 aliphatic rings. The van der Waals surface area contributed by atoms with Gasteiger partial charge in [-0.3, -0.25) is 0 Å². The van der Waals surface area contributed by atoms with Crippen LogP contribution in [0, 0.1) is 71.0 Å². The molecule has 0 fully saturated rings. The van der Waals surface area contributed by atoms with Crippen molar-refractivity contribution in [3.8, 4) is 0 Å². The number of rotatable bonds is 0. The van der Waals surface area contributed by atoms with Gasteiger partial charge in [0.25, 0.3) is 0 Å². The van der Waals surface area contributed by atoms with E-state index in [2.05, 4.69) is 0 Å². The van der Waals surface area contributed by atoms with Crippen LogP contribution in [0.3, 0.4) is 0 Å². The Morgan fingerprint density at radius 2 is 0.357 bits per heavy atom. The molecule has 0 bridgehead atoms. The fourth-order valence-corrected chi connectivity index (χ4v) is 0. The van der Waals surface area contributed by atoms with Crippen LogP contribution in [0.5, 0.6) is 0 Å². The summed E-state index contributed by atoms with van der Waals surface area (Å²) in [7, 11) is 0. The van der Waals surface area contributed by atoms with Gasteiger partial charge in [0.2, 0.25) is 0 Å². The summed E-state index contributed by atoms with van der Waals surface area (Å²) in [6.07, 6.45) is 0. The Balaban J connectivity index is -0.00000000500. The van der Waals surface area contributed by atoms with Gasteiger partial charge in [0, 0.05) is 0 Å². The van der Waals surface area contributed by atoms with Crippen molar-refractivity contribution in [3.63, 3.8) is 0 Å². The topological polar surface area (TPSA) is 143 Å². The molecule has 0 saturated carbocycles. The number of halogens is 1. The van der Waals surface area contributed by atoms with E-state index in [9.17, 15) is 0 Å². The van der Waals surface area contributed by atoms with Gasteiger partial charge in [-0.25, -0.2) is 0 Å². The van der Waals surface area contributed by atoms with Crippen molar-refractivity contribution in [1.82, 2.24) is 0 Å². The monoisotopic (exact) mass is 340 g/mol. The van der Waals surface area contributed by atoms with E-state index < -0.39 is 0 Å². The Bertz CT molecular complexity index is 97.3. The van der Waals surface area contributed by atoms with Crippen LogP contribution >= 0.6 is 24.0 Å². The molecule has 6 nitrogen and oxygen atoms in total. The zero-order valence-corrected chi connectivity index (χ0v) is 9.88. The average Bonchev–Trinajstić information content (AvgIpc) is 2.33. The first-order valence-corrected chi connectivity index (χ1v) is 1.34. The van der Waals surface area contributed by atoms with Gasteiger partial charge in [-0.15, -0.1) is 24.0 Å². The fraction of sp³-hybridized carbons (Fsp3) is 0. The second-order valence-corrected chi connectivity index (χ2v) is 0. The van der Waals surface area contributed by atoms with E-state index in [1.54, 1.807) is 0 Å². The molecule has 0 heterocycles. The van der Waals surface area contributed by atoms with Crippen molar-refractivity contribution in [2.45, 2.75) is 0 Å². The SMILES string of the molecule is I.[C-]#N.[C-]#N.[C-]#N.[C-]#N.[C-]#N.[C-]#N.[Fe+6]. The van der Waals surface area contributed by atoms with Gasteiger partial charge in [-0.1, -0.05) is 0 Å². The maximum atomic E-state index is 6.25. The number of hydrogen-bond donors (Lipinski definition) is 0. The molecular formula is C6HFeIN6. The Kier molecular flexibility index (Phi) is 2200. The molecule has 14 heavy (non-hydrogen) atoms. The molecule has 0 radical (unpaired) electrons. The minimum absolute atomic E-state index is 0. The normalized spacial score (nSPS) is 0.857. The number of nitrogens with zero attached hydrogens (tertiary/aromatic N) is 6. The van der Waals surface area contributed by atoms with Gasteiger partial charge >= 0.3 is 17.1 Å². The standard InChI is InChI=1S/6CN.Fe.HI/c6*1-2;;/h;;;;;;;1H/q6*-1;+6;. The Morgan fingerprint density at radius 3 is 0.357 bits per heavy atom. The van der Waals surface area contributed by atoms with Crippen LogP contribution in [0.1, 0.15) is 0 Å². The van der Waals surface area contributed by atoms with Crippen LogP contribution in [0.15, 0.2) is 0 Å². The van der Waals surface area contributed by atoms with E-state index in [0.717, 1.165) is 0 Å². The molecule has 0 saturated heterocycles. The van der Waals surface area contributed by atoms with Crippen LogP contribution < -0.4 is 0 Å². The Hall–Kier alpha value is -1.81. The Labute approximate surface area is 112 Å². The second-order valence-electron chi connectivity index (χ2n) is 0. The number of hydrogen-bond acceptors (Lipinski definition) is 6. The third kappa shape index (κ3) is 262. The van der Waals surface area contributed by atoms with Gasteiger partial charge in [0.05, 0.1) is 0 Å². The van der Waals surface area contributed by atoms with Crippen LogP contribution in [0.4, 0.5) is 0 Å². The van der Waals surface area contributed by atoms with Crippen molar-refractivity contribution in [2.75, 3.05) is 0 Å². The van der Waals surface area contributed by atoms with Crippen molar-refractivity contribution in [1.29, 1.82) is 31.6 Å². The van der Waals surface area contributed by atoms with E-state index in [1.807, 2.05) is 0 Å². The van der Waals surface area contributed by atoms with Gasteiger partial charge in [0.15, 0.2) is 0 Å². The molecule has 0 aromatic carbocycles. The van der Waals surface area contributed by atoms with Gasteiger partial charge in [-0.2, -0.15) is 0 Å². The summed E-state index contributed by atoms with van der Waals surface area (Å²) >= 11 is 0. The maximum Gasteiger partial charge on any atom is 6.00 e. The molecule has 0 spiro atoms. The van der Waals surface area contributed by atoms with E-state index >= 15 is 0 Å². The summed E-state index contributed by atoms with van der Waals surface area (Å²) in [4.78, 5) is 0. The third-order valence-corrected chi connectivity index (χ3v) is 0. The molecule has 0 aromatic rings. The van der Waals surface area contributed by atoms with Crippen LogP contribution in [-0.2, 0) is 17.1 Å². The second kappa shape index (κ2) is 354. The molecule has 0 amide bonds. The minimum atomic E-state index is 0. The van der Waals surface area contributed by atoms with Crippen LogP contribution in [0.2, 0.25) is 0 Å². The van der Waals surface area contributed by atoms with Crippen molar-refractivity contribution >= 4 is 24.0 Å². The quantitative estimate of drug-likeness (QED) is 0.368. The van der Waals surface area contributed by atoms with E-state index in [-0.39, 0.29) is 41.0 Å². The first-order valence-electron chi connectivity index (χ1n) is 1.34. The van der Waals surface area contributed by atoms with Crippen molar-refractivity contribution < 1.29 is 17.1 Å². The molecule has 0 aromatic heterocycles. The average molecular weight is 340 g/mol. The zero-order valence-electron chi connectivity index (χ0n) is 6.45. The minimum Gasteiger partial charge on any atom is -0.512 e. The summed E-state index contributed by atoms with van der Waals surface area (Å²) in [5.74, 6) is 0.